The summed E-state index contributed by atoms with van der Waals surface area (Å²) in [7, 11) is 0. The molecule has 6 heterocycles. The van der Waals surface area contributed by atoms with E-state index in [1.165, 1.54) is 34.1 Å². The number of β-lactam (4-membered cyclic amide) rings is 1. The lowest BCUT2D eigenvalue weighted by atomic mass is 9.78. The van der Waals surface area contributed by atoms with Crippen LogP contribution in [-0.2, 0) is 25.7 Å². The topological polar surface area (TPSA) is 175 Å². The maximum absolute atomic E-state index is 13.5. The number of piperidine rings is 1. The van der Waals surface area contributed by atoms with Gasteiger partial charge >= 0.3 is 5.97 Å². The molecular weight excluding hydrogens is 550 g/mol. The minimum Gasteiger partial charge on any atom is -0.477 e. The standard InChI is InChI=1S/C26H35N9O5S/c1-12-20-19(13(2)30-18(36)8-34-11-29-31-32-34)24(38)35(20)21(25(39)40)22(12)41-16-4-17(27-6-16)23(37)33-7-14-3-15-5-26(14,10-33)9-28-15/h11-17,19-20,27-28H,3-10H2,1-2H3,(H,30,36)(H,39,40)/t12-,13-,14?,15+,16+,17+,19-,20-,26-/m1/s1. The van der Waals surface area contributed by atoms with Crippen LogP contribution in [0.2, 0.25) is 0 Å². The highest BCUT2D eigenvalue weighted by molar-refractivity contribution is 8.03. The van der Waals surface area contributed by atoms with Gasteiger partial charge in [-0.3, -0.25) is 14.4 Å². The number of nitrogens with one attached hydrogen (secondary N) is 3. The van der Waals surface area contributed by atoms with Crippen molar-refractivity contribution >= 4 is 35.5 Å². The normalized spacial score (nSPS) is 37.8. The fourth-order valence-corrected chi connectivity index (χ4v) is 9.80. The zero-order valence-electron chi connectivity index (χ0n) is 23.0. The van der Waals surface area contributed by atoms with Crippen LogP contribution in [0.25, 0.3) is 0 Å². The number of carboxylic acids is 1. The summed E-state index contributed by atoms with van der Waals surface area (Å²) in [5, 5.41) is 30.7. The van der Waals surface area contributed by atoms with Crippen molar-refractivity contribution in [1.29, 1.82) is 0 Å². The predicted octanol–water partition coefficient (Wildman–Crippen LogP) is -1.38. The van der Waals surface area contributed by atoms with Crippen LogP contribution in [0.4, 0.5) is 0 Å². The molecule has 1 aromatic rings. The first kappa shape index (κ1) is 26.8. The fourth-order valence-electron chi connectivity index (χ4n) is 8.32. The molecule has 0 radical (unpaired) electrons. The van der Waals surface area contributed by atoms with Gasteiger partial charge in [0.25, 0.3) is 0 Å². The summed E-state index contributed by atoms with van der Waals surface area (Å²) in [6.07, 6.45) is 4.27. The van der Waals surface area contributed by atoms with E-state index in [9.17, 15) is 24.3 Å². The van der Waals surface area contributed by atoms with E-state index in [4.69, 9.17) is 0 Å². The molecule has 1 spiro atoms. The Morgan fingerprint density at radius 3 is 2.83 bits per heavy atom. The van der Waals surface area contributed by atoms with E-state index >= 15 is 0 Å². The van der Waals surface area contributed by atoms with Crippen molar-refractivity contribution in [3.8, 4) is 0 Å². The summed E-state index contributed by atoms with van der Waals surface area (Å²) < 4.78 is 1.29. The van der Waals surface area contributed by atoms with E-state index in [1.54, 1.807) is 6.92 Å². The molecule has 1 unspecified atom stereocenters. The Bertz CT molecular complexity index is 1320. The summed E-state index contributed by atoms with van der Waals surface area (Å²) in [6.45, 7) is 6.90. The van der Waals surface area contributed by atoms with Gasteiger partial charge in [-0.25, -0.2) is 9.48 Å². The van der Waals surface area contributed by atoms with E-state index in [2.05, 4.69) is 31.5 Å². The molecule has 14 nitrogen and oxygen atoms in total. The number of carbonyl (C=O) groups is 4. The Morgan fingerprint density at radius 2 is 2.12 bits per heavy atom. The molecule has 0 aromatic carbocycles. The number of rotatable bonds is 8. The van der Waals surface area contributed by atoms with Crippen molar-refractivity contribution in [3.05, 3.63) is 16.9 Å². The number of hydrogen-bond acceptors (Lipinski definition) is 10. The van der Waals surface area contributed by atoms with Crippen LogP contribution in [0.3, 0.4) is 0 Å². The van der Waals surface area contributed by atoms with Gasteiger partial charge < -0.3 is 30.9 Å². The maximum atomic E-state index is 13.5. The van der Waals surface area contributed by atoms with Crippen LogP contribution in [0.1, 0.15) is 33.1 Å². The second-order valence-electron chi connectivity index (χ2n) is 12.6. The van der Waals surface area contributed by atoms with Gasteiger partial charge in [0.05, 0.1) is 18.0 Å². The summed E-state index contributed by atoms with van der Waals surface area (Å²) in [4.78, 5) is 55.6. The Balaban J connectivity index is 0.989. The van der Waals surface area contributed by atoms with Crippen LogP contribution < -0.4 is 16.0 Å². The first-order valence-electron chi connectivity index (χ1n) is 14.4. The highest BCUT2D eigenvalue weighted by atomic mass is 32.2. The number of hydrogen-bond donors (Lipinski definition) is 4. The molecule has 2 bridgehead atoms. The van der Waals surface area contributed by atoms with Crippen molar-refractivity contribution in [2.75, 3.05) is 26.2 Å². The van der Waals surface area contributed by atoms with Crippen molar-refractivity contribution in [2.24, 2.45) is 23.2 Å². The van der Waals surface area contributed by atoms with E-state index in [-0.39, 0.29) is 58.6 Å². The van der Waals surface area contributed by atoms with Crippen molar-refractivity contribution in [1.82, 2.24) is 46.0 Å². The van der Waals surface area contributed by atoms with Gasteiger partial charge in [-0.15, -0.1) is 16.9 Å². The van der Waals surface area contributed by atoms with E-state index < -0.39 is 17.9 Å². The maximum Gasteiger partial charge on any atom is 0.353 e. The highest BCUT2D eigenvalue weighted by Gasteiger charge is 2.61. The second-order valence-corrected chi connectivity index (χ2v) is 14.0. The highest BCUT2D eigenvalue weighted by Crippen LogP contribution is 2.53. The van der Waals surface area contributed by atoms with Crippen LogP contribution in [0.5, 0.6) is 0 Å². The van der Waals surface area contributed by atoms with Crippen LogP contribution in [0.15, 0.2) is 16.9 Å². The third kappa shape index (κ3) is 4.26. The average Bonchev–Trinajstić information content (AvgIpc) is 3.75. The zero-order valence-corrected chi connectivity index (χ0v) is 23.8. The lowest BCUT2D eigenvalue weighted by Gasteiger charge is -2.47. The van der Waals surface area contributed by atoms with Gasteiger partial charge in [-0.2, -0.15) is 0 Å². The average molecular weight is 586 g/mol. The van der Waals surface area contributed by atoms with Crippen molar-refractivity contribution < 1.29 is 24.3 Å². The monoisotopic (exact) mass is 585 g/mol. The number of tetrazole rings is 1. The molecule has 15 heteroatoms. The molecule has 5 fully saturated rings. The second kappa shape index (κ2) is 9.76. The zero-order chi connectivity index (χ0) is 28.6. The molecular formula is C26H35N9O5S. The minimum atomic E-state index is -1.13. The summed E-state index contributed by atoms with van der Waals surface area (Å²) >= 11 is 1.48. The molecule has 1 aromatic heterocycles. The third-order valence-electron chi connectivity index (χ3n) is 10.2. The molecule has 4 saturated heterocycles. The number of nitrogens with zero attached hydrogens (tertiary/aromatic N) is 6. The molecule has 1 aliphatic carbocycles. The van der Waals surface area contributed by atoms with E-state index in [1.807, 2.05) is 11.8 Å². The Kier molecular flexibility index (Phi) is 6.39. The fraction of sp³-hybridized carbons (Fsp3) is 0.731. The predicted molar refractivity (Wildman–Crippen MR) is 145 cm³/mol. The minimum absolute atomic E-state index is 0.0224. The number of carbonyl (C=O) groups excluding carboxylic acids is 3. The van der Waals surface area contributed by atoms with Crippen molar-refractivity contribution in [3.63, 3.8) is 0 Å². The van der Waals surface area contributed by atoms with Crippen LogP contribution in [0, 0.1) is 23.2 Å². The lowest BCUT2D eigenvalue weighted by molar-refractivity contribution is -0.158. The van der Waals surface area contributed by atoms with Gasteiger partial charge in [0, 0.05) is 59.8 Å². The van der Waals surface area contributed by atoms with Gasteiger partial charge in [0.2, 0.25) is 17.7 Å². The molecule has 7 rings (SSSR count). The molecule has 1 saturated carbocycles. The molecule has 6 aliphatic rings. The number of fused-ring (bicyclic) bond motifs is 2. The van der Waals surface area contributed by atoms with Crippen molar-refractivity contribution in [2.45, 2.75) is 69.1 Å². The molecule has 220 valence electrons. The molecule has 41 heavy (non-hydrogen) atoms. The number of amides is 3. The van der Waals surface area contributed by atoms with Gasteiger partial charge in [0.15, 0.2) is 0 Å². The molecule has 5 aliphatic heterocycles. The number of carboxylic acid groups (broad SMARTS) is 1. The Morgan fingerprint density at radius 1 is 1.29 bits per heavy atom. The number of aliphatic carboxylic acids is 1. The molecule has 9 atom stereocenters. The van der Waals surface area contributed by atoms with Crippen LogP contribution >= 0.6 is 11.8 Å². The summed E-state index contributed by atoms with van der Waals surface area (Å²) in [5.41, 5.74) is 0.277. The largest absolute Gasteiger partial charge is 0.477 e. The molecule has 3 amide bonds. The number of thioether (sulfide) groups is 1. The smallest absolute Gasteiger partial charge is 0.353 e. The van der Waals surface area contributed by atoms with Gasteiger partial charge in [-0.05, 0) is 42.5 Å². The quantitative estimate of drug-likeness (QED) is 0.265. The van der Waals surface area contributed by atoms with Gasteiger partial charge in [-0.1, -0.05) is 6.92 Å². The third-order valence-corrected chi connectivity index (χ3v) is 11.7. The van der Waals surface area contributed by atoms with Crippen LogP contribution in [-0.4, -0.2) is 114 Å². The SMILES string of the molecule is C[C@@H](NC(=O)Cn1cnnn1)[C@H]1C(=O)N2C(C(=O)O)=C(S[C@@H]3CN[C@H](C(=O)N4CC5C[C@H]6C[C@@]5(CN6)C4)C3)[C@H](C)[C@H]12. The molecule has 4 N–H and O–H groups in total. The van der Waals surface area contributed by atoms with E-state index in [0.717, 1.165) is 26.1 Å². The Hall–Kier alpha value is -3.04. The van der Waals surface area contributed by atoms with E-state index in [0.29, 0.717) is 29.8 Å². The first-order valence-corrected chi connectivity index (χ1v) is 15.3. The summed E-state index contributed by atoms with van der Waals surface area (Å²) in [6, 6.07) is -0.505. The lowest BCUT2D eigenvalue weighted by Crippen LogP contribution is -2.66. The Labute approximate surface area is 241 Å². The summed E-state index contributed by atoms with van der Waals surface area (Å²) in [5.74, 6) is -1.77. The number of likely N-dealkylation sites (tertiary alicyclic amines) is 1. The number of aromatic nitrogens is 4. The first-order chi connectivity index (χ1) is 19.6. The van der Waals surface area contributed by atoms with Gasteiger partial charge in [0.1, 0.15) is 18.6 Å².